The molecule has 0 aromatic carbocycles. The third-order valence-electron chi connectivity index (χ3n) is 5.89. The van der Waals surface area contributed by atoms with E-state index in [4.69, 9.17) is 0 Å². The smallest absolute Gasteiger partial charge is 0.259 e. The van der Waals surface area contributed by atoms with Crippen molar-refractivity contribution in [3.8, 4) is 0 Å². The van der Waals surface area contributed by atoms with Gasteiger partial charge in [-0.05, 0) is 43.7 Å². The van der Waals surface area contributed by atoms with Crippen LogP contribution in [0.2, 0.25) is 0 Å². The van der Waals surface area contributed by atoms with Crippen molar-refractivity contribution in [3.05, 3.63) is 29.4 Å². The van der Waals surface area contributed by atoms with Crippen molar-refractivity contribution in [2.45, 2.75) is 63.8 Å². The molecule has 1 unspecified atom stereocenters. The summed E-state index contributed by atoms with van der Waals surface area (Å²) in [6, 6.07) is 4.43. The Hall–Kier alpha value is -2.02. The second-order valence-electron chi connectivity index (χ2n) is 7.67. The summed E-state index contributed by atoms with van der Waals surface area (Å²) in [5.74, 6) is 1.73. The summed E-state index contributed by atoms with van der Waals surface area (Å²) in [4.78, 5) is 19.3. The molecule has 2 aromatic heterocycles. The number of nitrogens with one attached hydrogen (secondary N) is 1. The number of nitrogens with zero attached hydrogens (tertiary/aromatic N) is 4. The molecule has 27 heavy (non-hydrogen) atoms. The van der Waals surface area contributed by atoms with E-state index >= 15 is 0 Å². The molecule has 1 atom stereocenters. The molecule has 1 saturated heterocycles. The van der Waals surface area contributed by atoms with E-state index in [0.29, 0.717) is 16.7 Å². The van der Waals surface area contributed by atoms with Gasteiger partial charge in [0.25, 0.3) is 5.91 Å². The quantitative estimate of drug-likeness (QED) is 0.792. The zero-order valence-corrected chi connectivity index (χ0v) is 16.5. The van der Waals surface area contributed by atoms with Gasteiger partial charge in [-0.15, -0.1) is 10.2 Å². The van der Waals surface area contributed by atoms with Crippen molar-refractivity contribution in [2.24, 2.45) is 5.92 Å². The molecule has 0 radical (unpaired) electrons. The number of aromatic nitrogens is 3. The Kier molecular flexibility index (Phi) is 5.97. The molecule has 1 aliphatic carbocycles. The number of anilines is 2. The van der Waals surface area contributed by atoms with Gasteiger partial charge in [0.1, 0.15) is 11.3 Å². The fraction of sp³-hybridized carbons (Fsp3) is 0.600. The number of amides is 1. The van der Waals surface area contributed by atoms with Crippen LogP contribution in [0.3, 0.4) is 0 Å². The van der Waals surface area contributed by atoms with E-state index < -0.39 is 0 Å². The van der Waals surface area contributed by atoms with Gasteiger partial charge in [0.15, 0.2) is 0 Å². The summed E-state index contributed by atoms with van der Waals surface area (Å²) in [7, 11) is 0. The Balaban J connectivity index is 1.34. The van der Waals surface area contributed by atoms with Crippen molar-refractivity contribution >= 4 is 28.2 Å². The van der Waals surface area contributed by atoms with Gasteiger partial charge in [-0.1, -0.05) is 43.4 Å². The van der Waals surface area contributed by atoms with Crippen LogP contribution < -0.4 is 10.2 Å². The molecule has 0 spiro atoms. The van der Waals surface area contributed by atoms with Gasteiger partial charge in [-0.2, -0.15) is 0 Å². The minimum absolute atomic E-state index is 0.193. The molecule has 144 valence electrons. The summed E-state index contributed by atoms with van der Waals surface area (Å²) in [5.41, 5.74) is 2.14. The van der Waals surface area contributed by atoms with E-state index in [1.165, 1.54) is 69.1 Å². The molecule has 1 aliphatic heterocycles. The van der Waals surface area contributed by atoms with Crippen LogP contribution in [0.1, 0.15) is 68.1 Å². The van der Waals surface area contributed by atoms with Gasteiger partial charge >= 0.3 is 0 Å². The van der Waals surface area contributed by atoms with Crippen LogP contribution >= 0.6 is 11.3 Å². The van der Waals surface area contributed by atoms with Crippen LogP contribution in [0.15, 0.2) is 23.8 Å². The van der Waals surface area contributed by atoms with Crippen molar-refractivity contribution in [3.63, 3.8) is 0 Å². The van der Waals surface area contributed by atoms with E-state index in [0.717, 1.165) is 18.3 Å². The zero-order valence-electron chi connectivity index (χ0n) is 15.6. The summed E-state index contributed by atoms with van der Waals surface area (Å²) in [5, 5.41) is 10.8. The maximum Gasteiger partial charge on any atom is 0.259 e. The first-order valence-electron chi connectivity index (χ1n) is 10.1. The first-order valence-corrected chi connectivity index (χ1v) is 11.0. The minimum Gasteiger partial charge on any atom is -0.354 e. The second-order valence-corrected chi connectivity index (χ2v) is 8.51. The molecular formula is C20H27N5OS. The molecule has 1 N–H and O–H groups in total. The zero-order chi connectivity index (χ0) is 18.5. The molecule has 4 rings (SSSR count). The first kappa shape index (κ1) is 18.3. The predicted molar refractivity (Wildman–Crippen MR) is 108 cm³/mol. The molecule has 6 nitrogen and oxygen atoms in total. The molecule has 7 heteroatoms. The Bertz CT molecular complexity index is 727. The maximum atomic E-state index is 12.3. The molecule has 2 aromatic rings. The predicted octanol–water partition coefficient (Wildman–Crippen LogP) is 4.51. The summed E-state index contributed by atoms with van der Waals surface area (Å²) in [6.07, 6.45) is 13.9. The summed E-state index contributed by atoms with van der Waals surface area (Å²) >= 11 is 1.30. The number of hydrogen-bond acceptors (Lipinski definition) is 6. The van der Waals surface area contributed by atoms with Crippen molar-refractivity contribution in [2.75, 3.05) is 16.8 Å². The molecule has 1 saturated carbocycles. The highest BCUT2D eigenvalue weighted by Crippen LogP contribution is 2.32. The number of hydrogen-bond donors (Lipinski definition) is 1. The van der Waals surface area contributed by atoms with Crippen molar-refractivity contribution in [1.82, 2.24) is 15.2 Å². The average Bonchev–Trinajstić information content (AvgIpc) is 3.39. The van der Waals surface area contributed by atoms with E-state index in [1.807, 2.05) is 12.1 Å². The lowest BCUT2D eigenvalue weighted by Crippen LogP contribution is -2.30. The largest absolute Gasteiger partial charge is 0.354 e. The molecule has 3 heterocycles. The molecule has 2 fully saturated rings. The van der Waals surface area contributed by atoms with Crippen LogP contribution in [0.5, 0.6) is 0 Å². The lowest BCUT2D eigenvalue weighted by molar-refractivity contribution is 0.102. The minimum atomic E-state index is -0.193. The average molecular weight is 386 g/mol. The van der Waals surface area contributed by atoms with Crippen molar-refractivity contribution < 1.29 is 4.79 Å². The highest BCUT2D eigenvalue weighted by atomic mass is 32.1. The molecular weight excluding hydrogens is 358 g/mol. The van der Waals surface area contributed by atoms with E-state index in [2.05, 4.69) is 25.4 Å². The van der Waals surface area contributed by atoms with Crippen LogP contribution in [-0.4, -0.2) is 33.7 Å². The molecule has 0 bridgehead atoms. The van der Waals surface area contributed by atoms with Gasteiger partial charge in [0, 0.05) is 18.8 Å². The highest BCUT2D eigenvalue weighted by Gasteiger charge is 2.26. The number of carbonyl (C=O) groups excluding carboxylic acids is 1. The SMILES string of the molecule is O=C(Nc1nncs1)c1ccc(N2CCCC2CCC2CCCCC2)nc1. The highest BCUT2D eigenvalue weighted by molar-refractivity contribution is 7.13. The van der Waals surface area contributed by atoms with Gasteiger partial charge in [0.05, 0.1) is 5.56 Å². The Morgan fingerprint density at radius 1 is 1.15 bits per heavy atom. The molecule has 1 amide bonds. The monoisotopic (exact) mass is 385 g/mol. The fourth-order valence-electron chi connectivity index (χ4n) is 4.43. The number of carbonyl (C=O) groups is 1. The lowest BCUT2D eigenvalue weighted by atomic mass is 9.85. The van der Waals surface area contributed by atoms with Crippen molar-refractivity contribution in [1.29, 1.82) is 0 Å². The van der Waals surface area contributed by atoms with E-state index in [1.54, 1.807) is 11.7 Å². The normalized spacial score (nSPS) is 20.7. The lowest BCUT2D eigenvalue weighted by Gasteiger charge is -2.28. The number of rotatable bonds is 6. The Morgan fingerprint density at radius 2 is 2.04 bits per heavy atom. The van der Waals surface area contributed by atoms with Crippen LogP contribution in [0, 0.1) is 5.92 Å². The third-order valence-corrected chi connectivity index (χ3v) is 6.50. The van der Waals surface area contributed by atoms with Crippen LogP contribution in [0.25, 0.3) is 0 Å². The van der Waals surface area contributed by atoms with Gasteiger partial charge < -0.3 is 4.90 Å². The third kappa shape index (κ3) is 4.64. The fourth-order valence-corrected chi connectivity index (χ4v) is 4.87. The van der Waals surface area contributed by atoms with E-state index in [-0.39, 0.29) is 5.91 Å². The van der Waals surface area contributed by atoms with Crippen LogP contribution in [-0.2, 0) is 0 Å². The number of pyridine rings is 1. The maximum absolute atomic E-state index is 12.3. The molecule has 2 aliphatic rings. The summed E-state index contributed by atoms with van der Waals surface area (Å²) < 4.78 is 0. The second kappa shape index (κ2) is 8.78. The first-order chi connectivity index (χ1) is 13.3. The standard InChI is InChI=1S/C20H27N5OS/c26-19(23-20-24-22-14-27-20)16-9-11-18(21-13-16)25-12-4-7-17(25)10-8-15-5-2-1-3-6-15/h9,11,13-15,17H,1-8,10,12H2,(H,23,24,26). The van der Waals surface area contributed by atoms with Crippen LogP contribution in [0.4, 0.5) is 10.9 Å². The topological polar surface area (TPSA) is 71.0 Å². The summed E-state index contributed by atoms with van der Waals surface area (Å²) in [6.45, 7) is 1.07. The van der Waals surface area contributed by atoms with Gasteiger partial charge in [0.2, 0.25) is 5.13 Å². The Labute approximate surface area is 164 Å². The van der Waals surface area contributed by atoms with Gasteiger partial charge in [-0.3, -0.25) is 10.1 Å². The Morgan fingerprint density at radius 3 is 2.78 bits per heavy atom. The van der Waals surface area contributed by atoms with E-state index in [9.17, 15) is 4.79 Å². The van der Waals surface area contributed by atoms with Gasteiger partial charge in [-0.25, -0.2) is 4.98 Å².